The third kappa shape index (κ3) is 95.4. The molecule has 0 saturated heterocycles. The first kappa shape index (κ1) is 147. The molecule has 0 fully saturated rings. The van der Waals surface area contributed by atoms with Crippen LogP contribution in [-0.4, -0.2) is 262 Å². The van der Waals surface area contributed by atoms with E-state index in [0.717, 1.165) is 11.3 Å². The fourth-order valence-electron chi connectivity index (χ4n) is 5.85. The number of nitrogens with zero attached hydrogens (tertiary/aromatic N) is 9. The first-order valence-electron chi connectivity index (χ1n) is 27.1. The summed E-state index contributed by atoms with van der Waals surface area (Å²) in [4.78, 5) is 130. The molecule has 0 unspecified atom stereocenters. The molecule has 3 rings (SSSR count). The van der Waals surface area contributed by atoms with E-state index in [0.29, 0.717) is 60.1 Å². The molecule has 115 heavy (non-hydrogen) atoms. The summed E-state index contributed by atoms with van der Waals surface area (Å²) in [7, 11) is 1.22. The molecule has 1 radical (unpaired) electrons. The summed E-state index contributed by atoms with van der Waals surface area (Å²) in [6.07, 6.45) is -6.31. The number of nitrogens with one attached hydrogen (secondary N) is 1. The quantitative estimate of drug-likeness (QED) is 0.00212. The number of azide groups is 2. The van der Waals surface area contributed by atoms with Crippen molar-refractivity contribution in [1.82, 2.24) is 15.1 Å². The Morgan fingerprint density at radius 1 is 0.635 bits per heavy atom. The molecule has 1 amide bonds. The standard InChI is InChI=1S/C15H21N5O4S2.C14H10N4O5.C10H15N2O7.C7H16N2O2S2.2C2HF3O2.CH2O3.Cu.4Na.H2O4S.6H2O/c1-25-26-11(6-7-12(16)14(21)22)8-18-15(23)24-9-10-4-2-3-5-13(10)19-20-17;15-17-16-13-4-2-1-3-10(13)9-22-14(19)23-12-7-5-11(6-8-12)18(20)21;13-4-3-11(5-8(14)15)1-2-12(6-9(16)17)7-10(18)19;1-12-13-5(4-8)2-3-6(9)7(10)11;2*3-2(4,5)1(6)7;2-1(3)4;;;;;;1-5(2,3)4;;;;;;/h2-5,11-12H,6-9,16H2,1H3,(H,18,23)(H,21,22);1-8H,9H2;1-3,5-7H2,(H,14,15)(H,16,17)(H,18,19);5-6H,2-4,8-9H2,1H3,(H,10,11);2*(H,6,7);(H2,2,3,4);;;;;;(H2,1,2,3,4);6*1H2/q;;-1;;;;;+2;4*+1;;;;;;;/p-6/t11-,12-;;;5-,6-;;;;;;;;;;;;;;;/m0..0.............../s1. The Kier molecular flexibility index (Phi) is 110. The van der Waals surface area contributed by atoms with Crippen molar-refractivity contribution in [2.45, 2.75) is 73.8 Å². The van der Waals surface area contributed by atoms with Crippen LogP contribution in [0, 0.1) is 10.1 Å². The number of alkyl carbamates (subject to hydrolysis) is 1. The number of nitro benzene ring substituents is 1. The van der Waals surface area contributed by atoms with Gasteiger partial charge < -0.3 is 149 Å². The van der Waals surface area contributed by atoms with Crippen LogP contribution >= 0.6 is 43.2 Å². The predicted molar refractivity (Wildman–Crippen MR) is 363 cm³/mol. The van der Waals surface area contributed by atoms with Crippen LogP contribution in [0.3, 0.4) is 0 Å². The van der Waals surface area contributed by atoms with Gasteiger partial charge in [0.1, 0.15) is 31.0 Å². The van der Waals surface area contributed by atoms with Crippen LogP contribution in [0.4, 0.5) is 57.8 Å². The Balaban J connectivity index is -0.0000000730. The van der Waals surface area contributed by atoms with E-state index in [2.05, 4.69) is 25.4 Å². The number of aliphatic carboxylic acids is 7. The number of hydrogen-bond acceptors (Lipinski definition) is 35. The number of carbonyl (C=O) groups excluding carboxylic acids is 5. The molecule has 0 aromatic heterocycles. The van der Waals surface area contributed by atoms with Crippen LogP contribution in [0.5, 0.6) is 5.75 Å². The summed E-state index contributed by atoms with van der Waals surface area (Å²) < 4.78 is 112. The molecule has 0 aliphatic carbocycles. The average Bonchev–Trinajstić information content (AvgIpc) is 0.887. The largest absolute Gasteiger partial charge is 2.00 e. The second kappa shape index (κ2) is 86.2. The molecule has 0 heterocycles. The fraction of sp³-hybridized carbons (Fsp3) is 0.431. The van der Waals surface area contributed by atoms with Crippen molar-refractivity contribution in [2.24, 2.45) is 27.4 Å². The van der Waals surface area contributed by atoms with Crippen LogP contribution in [0.15, 0.2) is 83.0 Å². The van der Waals surface area contributed by atoms with Gasteiger partial charge in [-0.2, -0.15) is 26.3 Å². The van der Waals surface area contributed by atoms with Crippen molar-refractivity contribution in [3.05, 3.63) is 115 Å². The maximum absolute atomic E-state index is 11.9. The SMILES string of the molecule is CSS[C@@H](CC[C@H](N)C(=O)O)CNC(=O)OCc1ccccc1N=[N+]=[N-].CSS[C@H](CN)CC[C@H](N)C(=O)O.O.O.O.O.O.O=C(O)C(F)(F)F.O=C(O)C(F)(F)F.O=C([O-])O.O=S(=O)([O-])[O-].O=[C-]CN(CCN(CC(=O)[O-])CC(=O)[O-])CC(=O)O.[Cu+2].[N-]=[N+]=Nc1ccccc1COC(=O)Oc1ccc([N+](=O)[O-])cc1.[Na+].[Na+].[Na+].[Na+].[OH-]. The molecule has 0 bridgehead atoms. The molecule has 0 saturated carbocycles. The molecule has 48 nitrogen and oxygen atoms in total. The van der Waals surface area contributed by atoms with Crippen molar-refractivity contribution in [3.8, 4) is 5.75 Å². The molecule has 0 spiro atoms. The van der Waals surface area contributed by atoms with E-state index in [1.807, 2.05) is 12.5 Å². The summed E-state index contributed by atoms with van der Waals surface area (Å²) in [5, 5.41) is 96.8. The smallest absolute Gasteiger partial charge is 0.870 e. The molecule has 641 valence electrons. The van der Waals surface area contributed by atoms with E-state index < -0.39 is 120 Å². The second-order valence-electron chi connectivity index (χ2n) is 18.0. The Morgan fingerprint density at radius 2 is 0.974 bits per heavy atom. The zero-order chi connectivity index (χ0) is 81.4. The molecular formula is C51H74CuF6N13Na4O35S5-. The van der Waals surface area contributed by atoms with Gasteiger partial charge in [0.2, 0.25) is 6.16 Å². The maximum atomic E-state index is 11.9. The molecule has 0 aliphatic rings. The molecule has 24 N–H and O–H groups in total. The molecule has 3 aromatic carbocycles. The van der Waals surface area contributed by atoms with E-state index in [1.165, 1.54) is 57.0 Å². The maximum Gasteiger partial charge on any atom is 2.00 e. The third-order valence-corrected chi connectivity index (χ3v) is 14.8. The van der Waals surface area contributed by atoms with Crippen molar-refractivity contribution in [1.29, 1.82) is 0 Å². The first-order chi connectivity index (χ1) is 48.1. The number of amides is 1. The van der Waals surface area contributed by atoms with Crippen molar-refractivity contribution < 1.29 is 330 Å². The fourth-order valence-corrected chi connectivity index (χ4v) is 9.73. The number of halogens is 6. The zero-order valence-corrected chi connectivity index (χ0v) is 73.5. The summed E-state index contributed by atoms with van der Waals surface area (Å²) in [6, 6.07) is 16.7. The number of nitrogens with two attached hydrogens (primary N) is 3. The zero-order valence-electron chi connectivity index (χ0n) is 60.5. The van der Waals surface area contributed by atoms with Gasteiger partial charge in [-0.1, -0.05) is 108 Å². The number of carboxylic acids is 7. The molecule has 3 aromatic rings. The average molecular weight is 1860 g/mol. The summed E-state index contributed by atoms with van der Waals surface area (Å²) in [6.45, 7) is -1.27. The van der Waals surface area contributed by atoms with Gasteiger partial charge in [0, 0.05) is 93.5 Å². The summed E-state index contributed by atoms with van der Waals surface area (Å²) >= 11 is 0. The van der Waals surface area contributed by atoms with E-state index in [9.17, 15) is 85.0 Å². The third-order valence-electron chi connectivity index (χ3n) is 10.2. The van der Waals surface area contributed by atoms with E-state index in [4.69, 9.17) is 110 Å². The van der Waals surface area contributed by atoms with Crippen LogP contribution in [0.1, 0.15) is 36.8 Å². The second-order valence-corrected chi connectivity index (χ2v) is 24.4. The summed E-state index contributed by atoms with van der Waals surface area (Å²) in [5.41, 5.74) is 35.1. The van der Waals surface area contributed by atoms with Crippen LogP contribution < -0.4 is 161 Å². The number of nitro groups is 1. The molecule has 0 aliphatic heterocycles. The Bertz CT molecular complexity index is 3380. The first-order valence-corrected chi connectivity index (χ1v) is 33.6. The minimum atomic E-state index is -5.17. The van der Waals surface area contributed by atoms with Gasteiger partial charge in [-0.05, 0) is 72.5 Å². The van der Waals surface area contributed by atoms with Crippen LogP contribution in [0.25, 0.3) is 20.9 Å². The number of carboxylic acid groups (broad SMARTS) is 9. The number of carbonyl (C=O) groups is 10. The van der Waals surface area contributed by atoms with Crippen LogP contribution in [0.2, 0.25) is 0 Å². The number of hydrogen-bond donors (Lipinski definition) is 10. The molecule has 64 heteroatoms. The Labute approximate surface area is 761 Å². The number of ether oxygens (including phenoxy) is 3. The van der Waals surface area contributed by atoms with Gasteiger partial charge in [-0.15, -0.1) is 0 Å². The van der Waals surface area contributed by atoms with Gasteiger partial charge in [0.05, 0.1) is 23.4 Å². The van der Waals surface area contributed by atoms with Gasteiger partial charge >= 0.3 is 190 Å². The monoisotopic (exact) mass is 1860 g/mol. The topological polar surface area (TPSA) is 911 Å². The normalized spacial score (nSPS) is 10.3. The summed E-state index contributed by atoms with van der Waals surface area (Å²) in [5.74, 6) is -11.5. The van der Waals surface area contributed by atoms with Crippen molar-refractivity contribution in [3.63, 3.8) is 0 Å². The Morgan fingerprint density at radius 3 is 1.28 bits per heavy atom. The van der Waals surface area contributed by atoms with Gasteiger partial charge in [-0.25, -0.2) is 25.5 Å². The van der Waals surface area contributed by atoms with E-state index in [-0.39, 0.29) is 218 Å². The van der Waals surface area contributed by atoms with E-state index in [1.54, 1.807) is 70.1 Å². The van der Waals surface area contributed by atoms with Crippen LogP contribution in [-0.2, 0) is 88.5 Å². The molecular weight excluding hydrogens is 1780 g/mol. The number of non-ortho nitro benzene ring substituents is 1. The Hall–Kier alpha value is -5.62. The number of alkyl halides is 6. The minimum absolute atomic E-state index is 0. The number of rotatable bonds is 34. The predicted octanol–water partition coefficient (Wildman–Crippen LogP) is -14.0. The molecule has 4 atom stereocenters. The van der Waals surface area contributed by atoms with Gasteiger partial charge in [0.25, 0.3) is 5.69 Å². The number of benzene rings is 3. The van der Waals surface area contributed by atoms with Gasteiger partial charge in [0.15, 0.2) is 0 Å². The van der Waals surface area contributed by atoms with Gasteiger partial charge in [-0.3, -0.25) is 37.8 Å². The van der Waals surface area contributed by atoms with E-state index >= 15 is 0 Å². The minimum Gasteiger partial charge on any atom is -0.870 e. The van der Waals surface area contributed by atoms with Crippen molar-refractivity contribution >= 4 is 137 Å². The van der Waals surface area contributed by atoms with Crippen molar-refractivity contribution in [2.75, 3.05) is 64.9 Å².